The zero-order valence-corrected chi connectivity index (χ0v) is 14.2. The van der Waals surface area contributed by atoms with E-state index in [2.05, 4.69) is 4.74 Å². The van der Waals surface area contributed by atoms with Crippen LogP contribution in [0.1, 0.15) is 41.0 Å². The van der Waals surface area contributed by atoms with Gasteiger partial charge in [0.25, 0.3) is 11.8 Å². The van der Waals surface area contributed by atoms with E-state index in [-0.39, 0.29) is 23.5 Å². The van der Waals surface area contributed by atoms with Crippen LogP contribution in [0.2, 0.25) is 0 Å². The van der Waals surface area contributed by atoms with Gasteiger partial charge in [0.15, 0.2) is 0 Å². The molecule has 24 heavy (non-hydrogen) atoms. The van der Waals surface area contributed by atoms with E-state index in [0.29, 0.717) is 17.5 Å². The number of rotatable bonds is 6. The zero-order chi connectivity index (χ0) is 17.9. The molecular weight excluding hydrogens is 310 g/mol. The van der Waals surface area contributed by atoms with Gasteiger partial charge in [0.05, 0.1) is 37.5 Å². The van der Waals surface area contributed by atoms with E-state index in [1.54, 1.807) is 24.3 Å². The van der Waals surface area contributed by atoms with Crippen molar-refractivity contribution in [2.75, 3.05) is 14.2 Å². The summed E-state index contributed by atoms with van der Waals surface area (Å²) in [5.41, 5.74) is 0.731. The van der Waals surface area contributed by atoms with Gasteiger partial charge >= 0.3 is 5.97 Å². The Morgan fingerprint density at radius 2 is 1.62 bits per heavy atom. The molecule has 0 N–H and O–H groups in total. The minimum atomic E-state index is -0.665. The molecule has 0 aromatic heterocycles. The molecule has 1 aromatic rings. The molecule has 0 aliphatic carbocycles. The fraction of sp³-hybridized carbons (Fsp3) is 0.389. The summed E-state index contributed by atoms with van der Waals surface area (Å²) < 4.78 is 9.94. The first kappa shape index (κ1) is 17.7. The zero-order valence-electron chi connectivity index (χ0n) is 14.2. The molecule has 0 spiro atoms. The van der Waals surface area contributed by atoms with Crippen LogP contribution in [0, 0.1) is 5.92 Å². The quantitative estimate of drug-likeness (QED) is 0.346. The first-order valence-electron chi connectivity index (χ1n) is 7.71. The van der Waals surface area contributed by atoms with Crippen LogP contribution in [0.25, 0.3) is 0 Å². The van der Waals surface area contributed by atoms with Gasteiger partial charge in [0, 0.05) is 0 Å². The Morgan fingerprint density at radius 3 is 2.04 bits per heavy atom. The minimum absolute atomic E-state index is 0.176. The molecule has 2 rings (SSSR count). The number of benzene rings is 1. The normalized spacial score (nSPS) is 15.5. The van der Waals surface area contributed by atoms with Crippen molar-refractivity contribution >= 4 is 17.8 Å². The number of imide groups is 1. The van der Waals surface area contributed by atoms with Gasteiger partial charge in [-0.3, -0.25) is 14.5 Å². The number of ether oxygens (including phenoxy) is 2. The average molecular weight is 331 g/mol. The third-order valence-electron chi connectivity index (χ3n) is 3.86. The van der Waals surface area contributed by atoms with Crippen molar-refractivity contribution in [1.29, 1.82) is 0 Å². The molecule has 0 saturated heterocycles. The lowest BCUT2D eigenvalue weighted by Crippen LogP contribution is -2.42. The second-order valence-corrected chi connectivity index (χ2v) is 5.95. The van der Waals surface area contributed by atoms with Crippen LogP contribution >= 0.6 is 0 Å². The van der Waals surface area contributed by atoms with Crippen LogP contribution in [0.5, 0.6) is 0 Å². The predicted octanol–water partition coefficient (Wildman–Crippen LogP) is 2.40. The molecule has 1 aromatic carbocycles. The Hall–Kier alpha value is -2.63. The summed E-state index contributed by atoms with van der Waals surface area (Å²) in [5.74, 6) is -0.957. The summed E-state index contributed by atoms with van der Waals surface area (Å²) in [4.78, 5) is 38.2. The summed E-state index contributed by atoms with van der Waals surface area (Å²) in [6.45, 7) is 3.94. The minimum Gasteiger partial charge on any atom is -0.499 e. The first-order chi connectivity index (χ1) is 11.4. The number of hydrogen-bond donors (Lipinski definition) is 0. The third-order valence-corrected chi connectivity index (χ3v) is 3.86. The van der Waals surface area contributed by atoms with E-state index in [1.807, 2.05) is 13.8 Å². The Morgan fingerprint density at radius 1 is 1.08 bits per heavy atom. The SMILES string of the molecule is COC(=O)C=C(OC)C(CC(C)C)N1C(=O)c2ccccc2C1=O. The van der Waals surface area contributed by atoms with Crippen molar-refractivity contribution in [2.24, 2.45) is 5.92 Å². The predicted molar refractivity (Wildman–Crippen MR) is 87.3 cm³/mol. The van der Waals surface area contributed by atoms with E-state index in [4.69, 9.17) is 4.74 Å². The van der Waals surface area contributed by atoms with Gasteiger partial charge in [-0.05, 0) is 24.5 Å². The highest BCUT2D eigenvalue weighted by Crippen LogP contribution is 2.30. The Labute approximate surface area is 141 Å². The second kappa shape index (κ2) is 7.29. The van der Waals surface area contributed by atoms with Crippen LogP contribution in [-0.4, -0.2) is 42.9 Å². The van der Waals surface area contributed by atoms with E-state index in [1.165, 1.54) is 25.2 Å². The van der Waals surface area contributed by atoms with E-state index in [9.17, 15) is 14.4 Å². The fourth-order valence-corrected chi connectivity index (χ4v) is 2.75. The molecule has 6 heteroatoms. The molecule has 128 valence electrons. The van der Waals surface area contributed by atoms with Crippen molar-refractivity contribution in [3.05, 3.63) is 47.2 Å². The standard InChI is InChI=1S/C18H21NO5/c1-11(2)9-14(15(23-3)10-16(20)24-4)19-17(21)12-7-5-6-8-13(12)18(19)22/h5-8,10-11,14H,9H2,1-4H3. The van der Waals surface area contributed by atoms with Crippen molar-refractivity contribution in [1.82, 2.24) is 4.90 Å². The fourth-order valence-electron chi connectivity index (χ4n) is 2.75. The van der Waals surface area contributed by atoms with Gasteiger partial charge in [-0.25, -0.2) is 4.79 Å². The molecule has 1 heterocycles. The van der Waals surface area contributed by atoms with Crippen molar-refractivity contribution in [3.8, 4) is 0 Å². The molecule has 0 bridgehead atoms. The van der Waals surface area contributed by atoms with Crippen LogP contribution < -0.4 is 0 Å². The summed E-state index contributed by atoms with van der Waals surface area (Å²) >= 11 is 0. The summed E-state index contributed by atoms with van der Waals surface area (Å²) in [7, 11) is 2.66. The Bertz CT molecular complexity index is 657. The van der Waals surface area contributed by atoms with E-state index >= 15 is 0 Å². The Kier molecular flexibility index (Phi) is 5.39. The van der Waals surface area contributed by atoms with Crippen LogP contribution in [0.15, 0.2) is 36.1 Å². The summed E-state index contributed by atoms with van der Waals surface area (Å²) in [6.07, 6.45) is 1.65. The molecule has 1 aliphatic rings. The lowest BCUT2D eigenvalue weighted by Gasteiger charge is -2.28. The highest BCUT2D eigenvalue weighted by molar-refractivity contribution is 6.21. The lowest BCUT2D eigenvalue weighted by molar-refractivity contribution is -0.135. The number of hydrogen-bond acceptors (Lipinski definition) is 5. The summed E-state index contributed by atoms with van der Waals surface area (Å²) in [6, 6.07) is 6.01. The highest BCUT2D eigenvalue weighted by atomic mass is 16.5. The van der Waals surface area contributed by atoms with E-state index < -0.39 is 12.0 Å². The number of esters is 1. The van der Waals surface area contributed by atoms with Gasteiger partial charge in [-0.2, -0.15) is 0 Å². The first-order valence-corrected chi connectivity index (χ1v) is 7.71. The maximum Gasteiger partial charge on any atom is 0.333 e. The largest absolute Gasteiger partial charge is 0.499 e. The smallest absolute Gasteiger partial charge is 0.333 e. The molecule has 1 unspecified atom stereocenters. The second-order valence-electron chi connectivity index (χ2n) is 5.95. The molecular formula is C18H21NO5. The summed E-state index contributed by atoms with van der Waals surface area (Å²) in [5, 5.41) is 0. The molecule has 1 atom stereocenters. The lowest BCUT2D eigenvalue weighted by atomic mass is 10.00. The molecule has 6 nitrogen and oxygen atoms in total. The van der Waals surface area contributed by atoms with Crippen molar-refractivity contribution in [3.63, 3.8) is 0 Å². The van der Waals surface area contributed by atoms with Gasteiger partial charge < -0.3 is 9.47 Å². The number of carbonyl (C=O) groups excluding carboxylic acids is 3. The van der Waals surface area contributed by atoms with Gasteiger partial charge in [-0.1, -0.05) is 26.0 Å². The number of carbonyl (C=O) groups is 3. The number of nitrogens with zero attached hydrogens (tertiary/aromatic N) is 1. The van der Waals surface area contributed by atoms with Crippen LogP contribution in [-0.2, 0) is 14.3 Å². The molecule has 2 amide bonds. The van der Waals surface area contributed by atoms with Gasteiger partial charge in [-0.15, -0.1) is 0 Å². The topological polar surface area (TPSA) is 72.9 Å². The molecule has 0 fully saturated rings. The number of fused-ring (bicyclic) bond motifs is 1. The van der Waals surface area contributed by atoms with Crippen LogP contribution in [0.3, 0.4) is 0 Å². The molecule has 0 radical (unpaired) electrons. The average Bonchev–Trinajstić information content (AvgIpc) is 2.82. The van der Waals surface area contributed by atoms with Gasteiger partial charge in [0.2, 0.25) is 0 Å². The molecule has 1 aliphatic heterocycles. The van der Waals surface area contributed by atoms with E-state index in [0.717, 1.165) is 0 Å². The third kappa shape index (κ3) is 3.32. The van der Waals surface area contributed by atoms with Crippen molar-refractivity contribution in [2.45, 2.75) is 26.3 Å². The Balaban J connectivity index is 2.46. The monoisotopic (exact) mass is 331 g/mol. The maximum absolute atomic E-state index is 12.7. The van der Waals surface area contributed by atoms with Gasteiger partial charge in [0.1, 0.15) is 5.76 Å². The van der Waals surface area contributed by atoms with Crippen molar-refractivity contribution < 1.29 is 23.9 Å². The highest BCUT2D eigenvalue weighted by Gasteiger charge is 2.41. The number of amides is 2. The maximum atomic E-state index is 12.7. The number of methoxy groups -OCH3 is 2. The molecule has 0 saturated carbocycles. The van der Waals surface area contributed by atoms with Crippen LogP contribution in [0.4, 0.5) is 0 Å².